The molecule has 5 nitrogen and oxygen atoms in total. The largest absolute Gasteiger partial charge is 0.492 e. The number of carbonyl (C=O) groups excluding carboxylic acids is 1. The fraction of sp³-hybridized carbons (Fsp3) is 0.111. The number of hydrogen-bond donors (Lipinski definition) is 1. The Labute approximate surface area is 186 Å². The summed E-state index contributed by atoms with van der Waals surface area (Å²) in [6.45, 7) is 2.57. The third-order valence-corrected chi connectivity index (χ3v) is 5.49. The zero-order chi connectivity index (χ0) is 18.7. The molecule has 0 saturated carbocycles. The maximum absolute atomic E-state index is 12.2. The second-order valence-electron chi connectivity index (χ2n) is 5.24. The van der Waals surface area contributed by atoms with E-state index in [-0.39, 0.29) is 5.76 Å². The molecule has 8 heteroatoms. The summed E-state index contributed by atoms with van der Waals surface area (Å²) in [7, 11) is 0. The molecule has 0 aliphatic carbocycles. The molecule has 1 heterocycles. The summed E-state index contributed by atoms with van der Waals surface area (Å²) in [6, 6.07) is 11.1. The van der Waals surface area contributed by atoms with Gasteiger partial charge in [-0.1, -0.05) is 15.9 Å². The summed E-state index contributed by atoms with van der Waals surface area (Å²) in [5.41, 5.74) is 4.01. The van der Waals surface area contributed by atoms with Crippen LogP contribution in [0.2, 0.25) is 0 Å². The molecule has 0 fully saturated rings. The zero-order valence-corrected chi connectivity index (χ0v) is 19.5. The highest BCUT2D eigenvalue weighted by molar-refractivity contribution is 14.1. The number of benzene rings is 2. The minimum absolute atomic E-state index is 0.214. The van der Waals surface area contributed by atoms with Crippen LogP contribution in [0.1, 0.15) is 23.0 Å². The molecule has 0 spiro atoms. The minimum Gasteiger partial charge on any atom is -0.492 e. The Morgan fingerprint density at radius 1 is 1.27 bits per heavy atom. The van der Waals surface area contributed by atoms with Gasteiger partial charge in [-0.15, -0.1) is 0 Å². The Bertz CT molecular complexity index is 978. The van der Waals surface area contributed by atoms with E-state index in [0.717, 1.165) is 28.3 Å². The first-order valence-electron chi connectivity index (χ1n) is 7.62. The second-order valence-corrected chi connectivity index (χ2v) is 8.48. The minimum atomic E-state index is -0.399. The first-order valence-corrected chi connectivity index (χ1v) is 10.6. The van der Waals surface area contributed by atoms with Gasteiger partial charge in [-0.25, -0.2) is 5.43 Å². The molecule has 0 aliphatic rings. The van der Waals surface area contributed by atoms with E-state index in [1.54, 1.807) is 12.3 Å². The highest BCUT2D eigenvalue weighted by Gasteiger charge is 2.12. The van der Waals surface area contributed by atoms with E-state index >= 15 is 0 Å². The van der Waals surface area contributed by atoms with Crippen molar-refractivity contribution in [1.82, 2.24) is 5.43 Å². The third kappa shape index (κ3) is 4.58. The third-order valence-electron chi connectivity index (χ3n) is 3.39. The van der Waals surface area contributed by atoms with Crippen molar-refractivity contribution in [3.8, 4) is 5.75 Å². The number of nitrogens with zero attached hydrogens (tertiary/aromatic N) is 1. The Hall–Kier alpha value is -1.14. The number of hydrazone groups is 1. The standard InChI is InChI=1S/C18H13BrI2N2O3/c1-2-25-17-13(20)5-10(6-14(17)21)9-22-23-18(24)16-8-11-7-12(19)3-4-15(11)26-16/h3-9H,2H2,1H3,(H,23,24)/b22-9+. The number of nitrogens with one attached hydrogen (secondary N) is 1. The van der Waals surface area contributed by atoms with Crippen LogP contribution in [-0.2, 0) is 0 Å². The molecule has 1 amide bonds. The average molecular weight is 639 g/mol. The van der Waals surface area contributed by atoms with Crippen LogP contribution in [0.3, 0.4) is 0 Å². The van der Waals surface area contributed by atoms with Crippen molar-refractivity contribution < 1.29 is 13.9 Å². The van der Waals surface area contributed by atoms with Crippen LogP contribution in [-0.4, -0.2) is 18.7 Å². The summed E-state index contributed by atoms with van der Waals surface area (Å²) in [5.74, 6) is 0.679. The summed E-state index contributed by atoms with van der Waals surface area (Å²) in [4.78, 5) is 12.2. The lowest BCUT2D eigenvalue weighted by atomic mass is 10.2. The number of rotatable bonds is 5. The molecule has 134 valence electrons. The smallest absolute Gasteiger partial charge is 0.307 e. The van der Waals surface area contributed by atoms with Crippen LogP contribution >= 0.6 is 61.1 Å². The quantitative estimate of drug-likeness (QED) is 0.226. The lowest BCUT2D eigenvalue weighted by molar-refractivity contribution is 0.0929. The second kappa shape index (κ2) is 8.70. The van der Waals surface area contributed by atoms with Crippen molar-refractivity contribution in [3.05, 3.63) is 59.3 Å². The van der Waals surface area contributed by atoms with Crippen LogP contribution in [0.25, 0.3) is 11.0 Å². The van der Waals surface area contributed by atoms with Crippen molar-refractivity contribution in [2.75, 3.05) is 6.61 Å². The number of hydrogen-bond acceptors (Lipinski definition) is 4. The van der Waals surface area contributed by atoms with Gasteiger partial charge in [0, 0.05) is 9.86 Å². The van der Waals surface area contributed by atoms with Gasteiger partial charge >= 0.3 is 5.91 Å². The number of amides is 1. The predicted octanol–water partition coefficient (Wildman–Crippen LogP) is 5.57. The molecular formula is C18H13BrI2N2O3. The molecule has 1 N–H and O–H groups in total. The molecule has 3 rings (SSSR count). The normalized spacial score (nSPS) is 11.2. The first-order chi connectivity index (χ1) is 12.5. The van der Waals surface area contributed by atoms with Crippen molar-refractivity contribution in [1.29, 1.82) is 0 Å². The maximum atomic E-state index is 12.2. The van der Waals surface area contributed by atoms with E-state index in [2.05, 4.69) is 71.6 Å². The number of furan rings is 1. The van der Waals surface area contributed by atoms with Gasteiger partial charge in [0.2, 0.25) is 0 Å². The number of halogens is 3. The van der Waals surface area contributed by atoms with Gasteiger partial charge in [-0.05, 0) is 94.1 Å². The summed E-state index contributed by atoms with van der Waals surface area (Å²) in [5, 5.41) is 4.87. The molecule has 0 unspecified atom stereocenters. The number of fused-ring (bicyclic) bond motifs is 1. The highest BCUT2D eigenvalue weighted by atomic mass is 127. The van der Waals surface area contributed by atoms with E-state index in [1.165, 1.54) is 0 Å². The Balaban J connectivity index is 1.72. The molecule has 1 aromatic heterocycles. The van der Waals surface area contributed by atoms with Gasteiger partial charge in [-0.3, -0.25) is 4.79 Å². The highest BCUT2D eigenvalue weighted by Crippen LogP contribution is 2.28. The molecule has 0 atom stereocenters. The fourth-order valence-electron chi connectivity index (χ4n) is 2.28. The van der Waals surface area contributed by atoms with Crippen molar-refractivity contribution in [2.24, 2.45) is 5.10 Å². The van der Waals surface area contributed by atoms with Crippen molar-refractivity contribution in [2.45, 2.75) is 6.92 Å². The first kappa shape index (κ1) is 19.6. The van der Waals surface area contributed by atoms with Crippen LogP contribution in [0.5, 0.6) is 5.75 Å². The van der Waals surface area contributed by atoms with Gasteiger partial charge in [0.25, 0.3) is 0 Å². The zero-order valence-electron chi connectivity index (χ0n) is 13.6. The lowest BCUT2D eigenvalue weighted by Crippen LogP contribution is -2.16. The summed E-state index contributed by atoms with van der Waals surface area (Å²) in [6.07, 6.45) is 1.59. The van der Waals surface area contributed by atoms with Crippen molar-refractivity contribution in [3.63, 3.8) is 0 Å². The van der Waals surface area contributed by atoms with E-state index < -0.39 is 5.91 Å². The van der Waals surface area contributed by atoms with E-state index in [4.69, 9.17) is 9.15 Å². The van der Waals surface area contributed by atoms with Crippen molar-refractivity contribution >= 4 is 84.2 Å². The van der Waals surface area contributed by atoms with Gasteiger partial charge in [0.15, 0.2) is 5.76 Å². The lowest BCUT2D eigenvalue weighted by Gasteiger charge is -2.09. The van der Waals surface area contributed by atoms with Gasteiger partial charge in [0.1, 0.15) is 11.3 Å². The molecular weight excluding hydrogens is 626 g/mol. The predicted molar refractivity (Wildman–Crippen MR) is 122 cm³/mol. The van der Waals surface area contributed by atoms with Crippen LogP contribution in [0.15, 0.2) is 50.4 Å². The van der Waals surface area contributed by atoms with Gasteiger partial charge in [-0.2, -0.15) is 5.10 Å². The Morgan fingerprint density at radius 3 is 2.69 bits per heavy atom. The maximum Gasteiger partial charge on any atom is 0.307 e. The van der Waals surface area contributed by atoms with E-state index in [1.807, 2.05) is 37.3 Å². The monoisotopic (exact) mass is 638 g/mol. The topological polar surface area (TPSA) is 63.8 Å². The summed E-state index contributed by atoms with van der Waals surface area (Å²) < 4.78 is 14.1. The molecule has 26 heavy (non-hydrogen) atoms. The van der Waals surface area contributed by atoms with Crippen LogP contribution < -0.4 is 10.2 Å². The fourth-order valence-corrected chi connectivity index (χ4v) is 4.79. The molecule has 0 radical (unpaired) electrons. The van der Waals surface area contributed by atoms with Gasteiger partial charge < -0.3 is 9.15 Å². The molecule has 2 aromatic carbocycles. The number of carbonyl (C=O) groups is 1. The summed E-state index contributed by atoms with van der Waals surface area (Å²) >= 11 is 7.84. The SMILES string of the molecule is CCOc1c(I)cc(/C=N/NC(=O)c2cc3cc(Br)ccc3o2)cc1I. The molecule has 0 bridgehead atoms. The van der Waals surface area contributed by atoms with Gasteiger partial charge in [0.05, 0.1) is 20.0 Å². The van der Waals surface area contributed by atoms with Crippen LogP contribution in [0, 0.1) is 7.14 Å². The molecule has 0 saturated heterocycles. The Morgan fingerprint density at radius 2 is 2.00 bits per heavy atom. The van der Waals surface area contributed by atoms with Crippen LogP contribution in [0.4, 0.5) is 0 Å². The van der Waals surface area contributed by atoms with E-state index in [0.29, 0.717) is 12.2 Å². The van der Waals surface area contributed by atoms with E-state index in [9.17, 15) is 4.79 Å². The average Bonchev–Trinajstić information content (AvgIpc) is 3.01. The number of ether oxygens (including phenoxy) is 1. The Kier molecular flexibility index (Phi) is 6.56. The molecule has 0 aliphatic heterocycles. The molecule has 3 aromatic rings.